The molecule has 2 aromatic rings. The van der Waals surface area contributed by atoms with Crippen molar-refractivity contribution in [3.05, 3.63) is 69.8 Å². The standard InChI is InChI=1S/C50H78N2O22/c1-51(15-31(57)41(61)29(33(59)17-53)21-71-23-37-47(67)49(69)45(65)35(19-55)73-37)13-5-9-25-7-3-11-27-39(25)43(63)28-12-4-8-26(40(28)44(27)64)10-6-14-52(2)16-32(58)42(62)30(34(60)18-54)22-72-24-38-48(68)50(70)46(66)36(20-56)74-38/h3-4,7-8,11-12,29-38,41-42,45-50,53-62,65-70H,5-6,9-10,13-24H2,1-2H3/t29-,30+,31-,32+,33-,34+,35+,36-,37+,38-,41+,42-,45+,46-,47-,48+,49-,50+. The average molecular weight is 1060 g/mol. The molecule has 2 heterocycles. The fourth-order valence-electron chi connectivity index (χ4n) is 9.91. The van der Waals surface area contributed by atoms with Crippen molar-refractivity contribution in [1.82, 2.24) is 9.80 Å². The number of aliphatic hydroxyl groups excluding tert-OH is 16. The van der Waals surface area contributed by atoms with Crippen LogP contribution in [-0.4, -0.2) is 294 Å². The third-order valence-corrected chi connectivity index (χ3v) is 14.4. The van der Waals surface area contributed by atoms with Crippen LogP contribution in [0.2, 0.25) is 0 Å². The molecule has 0 amide bonds. The highest BCUT2D eigenvalue weighted by atomic mass is 16.6. The van der Waals surface area contributed by atoms with Crippen LogP contribution in [0.1, 0.15) is 55.8 Å². The first kappa shape index (κ1) is 61.7. The Bertz CT molecular complexity index is 1910. The zero-order valence-corrected chi connectivity index (χ0v) is 41.7. The molecule has 2 saturated heterocycles. The Morgan fingerprint density at radius 1 is 0.514 bits per heavy atom. The van der Waals surface area contributed by atoms with Crippen molar-refractivity contribution in [2.45, 2.75) is 123 Å². The van der Waals surface area contributed by atoms with Gasteiger partial charge in [0.15, 0.2) is 11.6 Å². The van der Waals surface area contributed by atoms with E-state index in [4.69, 9.17) is 18.9 Å². The number of carbonyl (C=O) groups is 2. The molecule has 0 radical (unpaired) electrons. The predicted molar refractivity (Wildman–Crippen MR) is 258 cm³/mol. The number of benzene rings is 2. The maximum absolute atomic E-state index is 14.2. The minimum atomic E-state index is -1.63. The molecule has 0 bridgehead atoms. The Hall–Kier alpha value is -3.10. The van der Waals surface area contributed by atoms with Gasteiger partial charge in [-0.1, -0.05) is 36.4 Å². The van der Waals surface area contributed by atoms with Gasteiger partial charge in [-0.05, 0) is 64.0 Å². The van der Waals surface area contributed by atoms with Crippen LogP contribution in [0.4, 0.5) is 0 Å². The molecule has 0 spiro atoms. The number of aryl methyl sites for hydroxylation is 2. The first-order chi connectivity index (χ1) is 35.2. The fraction of sp³-hybridized carbons (Fsp3) is 0.720. The van der Waals surface area contributed by atoms with Crippen LogP contribution >= 0.6 is 0 Å². The number of aliphatic hydroxyl groups is 16. The summed E-state index contributed by atoms with van der Waals surface area (Å²) in [6, 6.07) is 10.2. The van der Waals surface area contributed by atoms with E-state index >= 15 is 0 Å². The van der Waals surface area contributed by atoms with E-state index in [1.165, 1.54) is 0 Å². The minimum absolute atomic E-state index is 0.0779. The minimum Gasteiger partial charge on any atom is -0.394 e. The highest BCUT2D eigenvalue weighted by Crippen LogP contribution is 2.33. The molecule has 420 valence electrons. The van der Waals surface area contributed by atoms with Crippen molar-refractivity contribution in [3.63, 3.8) is 0 Å². The van der Waals surface area contributed by atoms with Crippen molar-refractivity contribution in [2.75, 3.05) is 93.1 Å². The molecule has 5 rings (SSSR count). The summed E-state index contributed by atoms with van der Waals surface area (Å²) in [6.45, 7) is -3.82. The van der Waals surface area contributed by atoms with Gasteiger partial charge in [0.05, 0.1) is 89.5 Å². The Labute approximate surface area is 428 Å². The van der Waals surface area contributed by atoms with Crippen LogP contribution in [0.15, 0.2) is 36.4 Å². The van der Waals surface area contributed by atoms with Gasteiger partial charge in [-0.2, -0.15) is 0 Å². The molecule has 3 aliphatic rings. The van der Waals surface area contributed by atoms with E-state index in [0.29, 0.717) is 61.0 Å². The van der Waals surface area contributed by atoms with E-state index in [1.807, 2.05) is 0 Å². The van der Waals surface area contributed by atoms with Gasteiger partial charge >= 0.3 is 0 Å². The number of fused-ring (bicyclic) bond motifs is 2. The normalized spacial score (nSPS) is 28.6. The van der Waals surface area contributed by atoms with Gasteiger partial charge < -0.3 is 110 Å². The molecule has 0 aromatic heterocycles. The SMILES string of the molecule is CN(CCCc1cccc2c1C(=O)c1cccc(CCCN(C)C[C@H](O)[C@H](O)[C@@H](COC[C@H]3O[C@H](CO)[C@@H](O)[C@H](O)[C@H]3O)[C@@H](O)CO)c1C2=O)C[C@@H](O)[C@@H](O)[C@H](COC[C@@H]1O[C@@H](CO)[C@H](O)[C@@H](O)[C@@H]1O)[C@H](O)CO. The highest BCUT2D eigenvalue weighted by Gasteiger charge is 2.45. The quantitative estimate of drug-likeness (QED) is 0.0295. The number of ether oxygens (including phenoxy) is 4. The lowest BCUT2D eigenvalue weighted by molar-refractivity contribution is -0.240. The van der Waals surface area contributed by atoms with Crippen LogP contribution in [0, 0.1) is 11.8 Å². The van der Waals surface area contributed by atoms with Crippen LogP contribution in [-0.2, 0) is 31.8 Å². The maximum Gasteiger partial charge on any atom is 0.194 e. The second-order valence-corrected chi connectivity index (χ2v) is 19.8. The van der Waals surface area contributed by atoms with Crippen LogP contribution in [0.5, 0.6) is 0 Å². The van der Waals surface area contributed by atoms with Crippen molar-refractivity contribution in [2.24, 2.45) is 11.8 Å². The first-order valence-corrected chi connectivity index (χ1v) is 25.0. The van der Waals surface area contributed by atoms with E-state index < -0.39 is 149 Å². The third kappa shape index (κ3) is 15.1. The summed E-state index contributed by atoms with van der Waals surface area (Å²) in [4.78, 5) is 31.8. The third-order valence-electron chi connectivity index (χ3n) is 14.4. The van der Waals surface area contributed by atoms with Crippen molar-refractivity contribution >= 4 is 11.6 Å². The van der Waals surface area contributed by atoms with Crippen molar-refractivity contribution < 1.29 is 110 Å². The van der Waals surface area contributed by atoms with Crippen LogP contribution in [0.25, 0.3) is 0 Å². The fourth-order valence-corrected chi connectivity index (χ4v) is 9.91. The molecule has 2 aliphatic heterocycles. The number of hydrogen-bond acceptors (Lipinski definition) is 24. The van der Waals surface area contributed by atoms with E-state index in [1.54, 1.807) is 60.3 Å². The lowest BCUT2D eigenvalue weighted by Gasteiger charge is -2.40. The Morgan fingerprint density at radius 3 is 1.20 bits per heavy atom. The largest absolute Gasteiger partial charge is 0.394 e. The molecule has 24 heteroatoms. The molecular weight excluding hydrogens is 981 g/mol. The summed E-state index contributed by atoms with van der Waals surface area (Å²) in [6.07, 6.45) is -21.6. The number of carbonyl (C=O) groups excluding carboxylic acids is 2. The number of ketones is 2. The lowest BCUT2D eigenvalue weighted by atomic mass is 9.78. The van der Waals surface area contributed by atoms with Gasteiger partial charge in [0, 0.05) is 47.2 Å². The molecule has 2 fully saturated rings. The van der Waals surface area contributed by atoms with Gasteiger partial charge in [-0.25, -0.2) is 0 Å². The highest BCUT2D eigenvalue weighted by molar-refractivity contribution is 6.29. The van der Waals surface area contributed by atoms with Gasteiger partial charge in [-0.3, -0.25) is 9.59 Å². The Morgan fingerprint density at radius 2 is 0.865 bits per heavy atom. The van der Waals surface area contributed by atoms with Crippen molar-refractivity contribution in [3.8, 4) is 0 Å². The summed E-state index contributed by atoms with van der Waals surface area (Å²) in [5, 5.41) is 164. The van der Waals surface area contributed by atoms with Crippen LogP contribution in [0.3, 0.4) is 0 Å². The molecule has 0 unspecified atom stereocenters. The molecular formula is C50H78N2O22. The second-order valence-electron chi connectivity index (χ2n) is 19.8. The molecule has 18 atom stereocenters. The zero-order valence-electron chi connectivity index (χ0n) is 41.7. The smallest absolute Gasteiger partial charge is 0.194 e. The molecule has 2 aromatic carbocycles. The molecule has 16 N–H and O–H groups in total. The first-order valence-electron chi connectivity index (χ1n) is 25.0. The van der Waals surface area contributed by atoms with Crippen LogP contribution < -0.4 is 0 Å². The summed E-state index contributed by atoms with van der Waals surface area (Å²) in [5.41, 5.74) is 2.39. The summed E-state index contributed by atoms with van der Waals surface area (Å²) < 4.78 is 22.0. The molecule has 24 nitrogen and oxygen atoms in total. The van der Waals surface area contributed by atoms with Crippen molar-refractivity contribution in [1.29, 1.82) is 0 Å². The van der Waals surface area contributed by atoms with Gasteiger partial charge in [0.2, 0.25) is 0 Å². The Kier molecular flexibility index (Phi) is 24.2. The molecule has 1 aliphatic carbocycles. The lowest BCUT2D eigenvalue weighted by Crippen LogP contribution is -2.59. The van der Waals surface area contributed by atoms with Gasteiger partial charge in [-0.15, -0.1) is 0 Å². The average Bonchev–Trinajstić information content (AvgIpc) is 3.39. The topological polar surface area (TPSA) is 401 Å². The molecule has 74 heavy (non-hydrogen) atoms. The summed E-state index contributed by atoms with van der Waals surface area (Å²) >= 11 is 0. The van der Waals surface area contributed by atoms with E-state index in [2.05, 4.69) is 0 Å². The zero-order chi connectivity index (χ0) is 54.6. The predicted octanol–water partition coefficient (Wildman–Crippen LogP) is -6.71. The monoisotopic (exact) mass is 1060 g/mol. The number of nitrogens with zero attached hydrogens (tertiary/aromatic N) is 2. The maximum atomic E-state index is 14.2. The van der Waals surface area contributed by atoms with E-state index in [9.17, 15) is 91.3 Å². The number of likely N-dealkylation sites (N-methyl/N-ethyl adjacent to an activating group) is 2. The van der Waals surface area contributed by atoms with E-state index in [0.717, 1.165) is 0 Å². The molecule has 0 saturated carbocycles. The number of hydrogen-bond donors (Lipinski definition) is 16. The van der Waals surface area contributed by atoms with Gasteiger partial charge in [0.25, 0.3) is 0 Å². The second kappa shape index (κ2) is 29.0. The van der Waals surface area contributed by atoms with E-state index in [-0.39, 0.29) is 49.0 Å². The Balaban J connectivity index is 1.11. The van der Waals surface area contributed by atoms with Gasteiger partial charge in [0.1, 0.15) is 61.0 Å². The summed E-state index contributed by atoms with van der Waals surface area (Å²) in [5.74, 6) is -3.03. The summed E-state index contributed by atoms with van der Waals surface area (Å²) in [7, 11) is 3.38. The number of rotatable bonds is 30.